The van der Waals surface area contributed by atoms with Gasteiger partial charge in [-0.3, -0.25) is 4.98 Å². The molecule has 3 rings (SSSR count). The lowest BCUT2D eigenvalue weighted by Crippen LogP contribution is -2.16. The molecule has 0 saturated heterocycles. The van der Waals surface area contributed by atoms with E-state index in [-0.39, 0.29) is 6.61 Å². The zero-order chi connectivity index (χ0) is 16.1. The Morgan fingerprint density at radius 3 is 2.61 bits per heavy atom. The van der Waals surface area contributed by atoms with E-state index in [0.29, 0.717) is 18.8 Å². The van der Waals surface area contributed by atoms with Crippen LogP contribution in [0.1, 0.15) is 11.1 Å². The highest BCUT2D eigenvalue weighted by Crippen LogP contribution is 2.29. The predicted molar refractivity (Wildman–Crippen MR) is 89.3 cm³/mol. The summed E-state index contributed by atoms with van der Waals surface area (Å²) < 4.78 is 5.96. The molecule has 1 aromatic heterocycles. The molecule has 1 heterocycles. The fourth-order valence-corrected chi connectivity index (χ4v) is 2.57. The molecular formula is C19H19NO3. The van der Waals surface area contributed by atoms with Gasteiger partial charge in [-0.15, -0.1) is 0 Å². The molecule has 0 spiro atoms. The van der Waals surface area contributed by atoms with Crippen LogP contribution < -0.4 is 4.74 Å². The molecule has 0 bridgehead atoms. The first-order valence-corrected chi connectivity index (χ1v) is 7.60. The van der Waals surface area contributed by atoms with Crippen LogP contribution in [0.3, 0.4) is 0 Å². The largest absolute Gasteiger partial charge is 0.489 e. The Balaban J connectivity index is 1.93. The fourth-order valence-electron chi connectivity index (χ4n) is 2.57. The minimum atomic E-state index is -0.820. The smallest absolute Gasteiger partial charge is 0.123 e. The van der Waals surface area contributed by atoms with Crippen molar-refractivity contribution in [1.82, 2.24) is 4.98 Å². The number of hydrogen-bond donors (Lipinski definition) is 2. The number of hydrogen-bond acceptors (Lipinski definition) is 4. The van der Waals surface area contributed by atoms with E-state index < -0.39 is 6.10 Å². The number of aromatic nitrogens is 1. The molecule has 0 aliphatic heterocycles. The van der Waals surface area contributed by atoms with Crippen LogP contribution >= 0.6 is 0 Å². The number of pyridine rings is 1. The third-order valence-corrected chi connectivity index (χ3v) is 3.74. The average molecular weight is 309 g/mol. The van der Waals surface area contributed by atoms with Gasteiger partial charge in [-0.25, -0.2) is 0 Å². The normalized spacial score (nSPS) is 12.3. The third kappa shape index (κ3) is 3.67. The molecule has 0 aliphatic carbocycles. The van der Waals surface area contributed by atoms with Gasteiger partial charge in [0, 0.05) is 23.6 Å². The molecule has 3 aromatic rings. The number of rotatable bonds is 6. The van der Waals surface area contributed by atoms with Crippen LogP contribution in [0, 0.1) is 0 Å². The fraction of sp³-hybridized carbons (Fsp3) is 0.211. The quantitative estimate of drug-likeness (QED) is 0.735. The minimum absolute atomic E-state index is 0.283. The van der Waals surface area contributed by atoms with Crippen molar-refractivity contribution in [2.24, 2.45) is 0 Å². The lowest BCUT2D eigenvalue weighted by atomic mass is 10.0. The molecule has 4 nitrogen and oxygen atoms in total. The third-order valence-electron chi connectivity index (χ3n) is 3.74. The van der Waals surface area contributed by atoms with E-state index in [4.69, 9.17) is 9.84 Å². The van der Waals surface area contributed by atoms with Gasteiger partial charge in [-0.1, -0.05) is 36.4 Å². The predicted octanol–water partition coefficient (Wildman–Crippen LogP) is 2.71. The van der Waals surface area contributed by atoms with Gasteiger partial charge in [-0.05, 0) is 23.8 Å². The van der Waals surface area contributed by atoms with E-state index in [0.717, 1.165) is 22.0 Å². The number of ether oxygens (including phenoxy) is 1. The summed E-state index contributed by atoms with van der Waals surface area (Å²) >= 11 is 0. The second kappa shape index (κ2) is 7.22. The molecule has 1 atom stereocenters. The van der Waals surface area contributed by atoms with Crippen LogP contribution in [0.4, 0.5) is 0 Å². The van der Waals surface area contributed by atoms with Gasteiger partial charge < -0.3 is 14.9 Å². The van der Waals surface area contributed by atoms with E-state index in [1.807, 2.05) is 54.6 Å². The molecular weight excluding hydrogens is 290 g/mol. The summed E-state index contributed by atoms with van der Waals surface area (Å²) in [5, 5.41) is 20.0. The van der Waals surface area contributed by atoms with E-state index in [9.17, 15) is 5.11 Å². The second-order valence-electron chi connectivity index (χ2n) is 5.43. The van der Waals surface area contributed by atoms with Gasteiger partial charge in [0.1, 0.15) is 12.4 Å². The molecule has 118 valence electrons. The number of aliphatic hydroxyl groups is 2. The Morgan fingerprint density at radius 1 is 1.00 bits per heavy atom. The molecule has 0 radical (unpaired) electrons. The highest BCUT2D eigenvalue weighted by molar-refractivity contribution is 5.84. The number of fused-ring (bicyclic) bond motifs is 1. The second-order valence-corrected chi connectivity index (χ2v) is 5.43. The van der Waals surface area contributed by atoms with E-state index >= 15 is 0 Å². The number of benzene rings is 2. The highest BCUT2D eigenvalue weighted by atomic mass is 16.5. The molecule has 0 amide bonds. The van der Waals surface area contributed by atoms with Crippen LogP contribution in [-0.4, -0.2) is 27.9 Å². The first-order valence-electron chi connectivity index (χ1n) is 7.60. The molecule has 4 heteroatoms. The SMILES string of the molecule is OC[C@H](O)Cc1c(OCc2ccccc2)ccc2ncccc12. The van der Waals surface area contributed by atoms with Crippen molar-refractivity contribution in [3.8, 4) is 5.75 Å². The van der Waals surface area contributed by atoms with Crippen LogP contribution in [0.15, 0.2) is 60.8 Å². The van der Waals surface area contributed by atoms with Crippen molar-refractivity contribution in [2.75, 3.05) is 6.61 Å². The van der Waals surface area contributed by atoms with Gasteiger partial charge in [-0.2, -0.15) is 0 Å². The number of aliphatic hydroxyl groups excluding tert-OH is 2. The Bertz CT molecular complexity index is 774. The summed E-state index contributed by atoms with van der Waals surface area (Å²) in [6.45, 7) is 0.170. The summed E-state index contributed by atoms with van der Waals surface area (Å²) in [6.07, 6.45) is 1.24. The Labute approximate surface area is 135 Å². The van der Waals surface area contributed by atoms with Crippen molar-refractivity contribution >= 4 is 10.9 Å². The summed E-state index contributed by atoms with van der Waals surface area (Å²) in [6, 6.07) is 17.5. The first-order chi connectivity index (χ1) is 11.3. The maximum Gasteiger partial charge on any atom is 0.123 e. The van der Waals surface area contributed by atoms with Gasteiger partial charge in [0.2, 0.25) is 0 Å². The number of nitrogens with zero attached hydrogens (tertiary/aromatic N) is 1. The lowest BCUT2D eigenvalue weighted by Gasteiger charge is -2.16. The molecule has 0 aliphatic rings. The van der Waals surface area contributed by atoms with E-state index in [1.54, 1.807) is 6.20 Å². The standard InChI is InChI=1S/C19H19NO3/c21-12-15(22)11-17-16-7-4-10-20-18(16)8-9-19(17)23-13-14-5-2-1-3-6-14/h1-10,15,21-22H,11-13H2/t15-/m1/s1. The summed E-state index contributed by atoms with van der Waals surface area (Å²) in [5.74, 6) is 0.710. The molecule has 2 aromatic carbocycles. The van der Waals surface area contributed by atoms with Crippen molar-refractivity contribution in [3.05, 3.63) is 71.9 Å². The van der Waals surface area contributed by atoms with Crippen molar-refractivity contribution in [3.63, 3.8) is 0 Å². The monoisotopic (exact) mass is 309 g/mol. The maximum absolute atomic E-state index is 9.85. The Hall–Kier alpha value is -2.43. The van der Waals surface area contributed by atoms with Crippen LogP contribution in [-0.2, 0) is 13.0 Å². The van der Waals surface area contributed by atoms with Gasteiger partial charge in [0.25, 0.3) is 0 Å². The first kappa shape index (κ1) is 15.5. The highest BCUT2D eigenvalue weighted by Gasteiger charge is 2.14. The molecule has 23 heavy (non-hydrogen) atoms. The van der Waals surface area contributed by atoms with Crippen molar-refractivity contribution < 1.29 is 14.9 Å². The lowest BCUT2D eigenvalue weighted by molar-refractivity contribution is 0.0950. The zero-order valence-electron chi connectivity index (χ0n) is 12.7. The minimum Gasteiger partial charge on any atom is -0.489 e. The average Bonchev–Trinajstić information content (AvgIpc) is 2.61. The van der Waals surface area contributed by atoms with Crippen LogP contribution in [0.5, 0.6) is 5.75 Å². The Kier molecular flexibility index (Phi) is 4.86. The summed E-state index contributed by atoms with van der Waals surface area (Å²) in [7, 11) is 0. The summed E-state index contributed by atoms with van der Waals surface area (Å²) in [4.78, 5) is 4.33. The molecule has 0 saturated carbocycles. The molecule has 0 unspecified atom stereocenters. The van der Waals surface area contributed by atoms with E-state index in [2.05, 4.69) is 4.98 Å². The van der Waals surface area contributed by atoms with Crippen molar-refractivity contribution in [2.45, 2.75) is 19.1 Å². The molecule has 2 N–H and O–H groups in total. The van der Waals surface area contributed by atoms with Crippen molar-refractivity contribution in [1.29, 1.82) is 0 Å². The summed E-state index contributed by atoms with van der Waals surface area (Å²) in [5.41, 5.74) is 2.79. The Morgan fingerprint density at radius 2 is 1.83 bits per heavy atom. The van der Waals surface area contributed by atoms with Gasteiger partial charge >= 0.3 is 0 Å². The topological polar surface area (TPSA) is 62.6 Å². The van der Waals surface area contributed by atoms with E-state index in [1.165, 1.54) is 0 Å². The zero-order valence-corrected chi connectivity index (χ0v) is 12.7. The van der Waals surface area contributed by atoms with Gasteiger partial charge in [0.05, 0.1) is 18.2 Å². The van der Waals surface area contributed by atoms with Crippen LogP contribution in [0.25, 0.3) is 10.9 Å². The van der Waals surface area contributed by atoms with Gasteiger partial charge in [0.15, 0.2) is 0 Å². The van der Waals surface area contributed by atoms with Crippen LogP contribution in [0.2, 0.25) is 0 Å². The molecule has 0 fully saturated rings. The maximum atomic E-state index is 9.85.